The number of fused-ring (bicyclic) bond motifs is 1. The van der Waals surface area contributed by atoms with Gasteiger partial charge in [-0.2, -0.15) is 4.99 Å². The number of nitrogens with zero attached hydrogens (tertiary/aromatic N) is 3. The van der Waals surface area contributed by atoms with Crippen LogP contribution in [0.1, 0.15) is 0 Å². The van der Waals surface area contributed by atoms with Crippen molar-refractivity contribution in [1.29, 1.82) is 5.41 Å². The molecular weight excluding hydrogens is 551 g/mol. The van der Waals surface area contributed by atoms with Gasteiger partial charge in [0.25, 0.3) is 21.6 Å². The second kappa shape index (κ2) is 14.8. The van der Waals surface area contributed by atoms with Gasteiger partial charge in [-0.1, -0.05) is 6.72 Å². The number of carbonyl (C=O) groups is 1. The number of aliphatic hydroxyl groups excluding tert-OH is 2. The van der Waals surface area contributed by atoms with Crippen LogP contribution in [0.15, 0.2) is 9.98 Å². The van der Waals surface area contributed by atoms with Crippen LogP contribution in [0.2, 0.25) is 0 Å². The third-order valence-electron chi connectivity index (χ3n) is 3.97. The fraction of sp³-hybridized carbons (Fsp3) is 0.600. The van der Waals surface area contributed by atoms with E-state index in [4.69, 9.17) is 10.1 Å². The number of amidine groups is 1. The molecule has 18 nitrogen and oxygen atoms in total. The Hall–Kier alpha value is 1.38. The van der Waals surface area contributed by atoms with E-state index in [2.05, 4.69) is 40.3 Å². The minimum Gasteiger partial charge on any atom is -0.812 e. The van der Waals surface area contributed by atoms with Crippen LogP contribution >= 0.6 is 22.4 Å². The number of guanidine groups is 1. The number of hydrogen-bond donors (Lipinski definition) is 4. The van der Waals surface area contributed by atoms with Crippen molar-refractivity contribution < 1.29 is 61.6 Å². The third kappa shape index (κ3) is 10.1. The van der Waals surface area contributed by atoms with E-state index in [1.165, 1.54) is 0 Å². The normalized spacial score (nSPS) is 30.2. The van der Waals surface area contributed by atoms with Crippen LogP contribution in [0.5, 0.6) is 0 Å². The fourth-order valence-corrected chi connectivity index (χ4v) is 6.38. The number of phosphoric acid groups is 2. The summed E-state index contributed by atoms with van der Waals surface area (Å²) in [7, 11) is -11.7. The summed E-state index contributed by atoms with van der Waals surface area (Å²) in [5.74, 6) is -1.30. The maximum absolute atomic E-state index is 11.8. The maximum Gasteiger partial charge on any atom is 0.276 e. The van der Waals surface area contributed by atoms with Gasteiger partial charge in [0.2, 0.25) is 5.96 Å². The molecule has 0 aliphatic carbocycles. The first kappa shape index (κ1) is 39.5. The molecule has 7 atom stereocenters. The van der Waals surface area contributed by atoms with Gasteiger partial charge in [-0.25, -0.2) is 4.31 Å². The number of aliphatic imine (C=N–C) groups is 2. The summed E-state index contributed by atoms with van der Waals surface area (Å²) in [6, 6.07) is -1.14. The molecule has 0 bridgehead atoms. The largest absolute Gasteiger partial charge is 0.812 e. The molecule has 0 spiro atoms. The Morgan fingerprint density at radius 1 is 1.11 bits per heavy atom. The second-order valence-corrected chi connectivity index (χ2v) is 11.8. The summed E-state index contributed by atoms with van der Waals surface area (Å²) in [4.78, 5) is 64.8. The summed E-state index contributed by atoms with van der Waals surface area (Å²) in [6.07, 6.45) is -5.48. The van der Waals surface area contributed by atoms with Crippen molar-refractivity contribution in [2.75, 3.05) is 6.61 Å². The average molecular weight is 563 g/mol. The van der Waals surface area contributed by atoms with E-state index < -0.39 is 71.4 Å². The van der Waals surface area contributed by atoms with Gasteiger partial charge in [0.1, 0.15) is 18.3 Å². The summed E-state index contributed by atoms with van der Waals surface area (Å²) in [5.41, 5.74) is 0. The van der Waals surface area contributed by atoms with E-state index in [1.54, 1.807) is 0 Å². The van der Waals surface area contributed by atoms with Crippen LogP contribution in [0.4, 0.5) is 0 Å². The average Bonchev–Trinajstić information content (AvgIpc) is 3.12. The van der Waals surface area contributed by atoms with Crippen LogP contribution in [0, 0.1) is 5.41 Å². The molecule has 3 aliphatic rings. The van der Waals surface area contributed by atoms with Crippen LogP contribution in [0.25, 0.3) is 0 Å². The van der Waals surface area contributed by atoms with E-state index >= 15 is 0 Å². The van der Waals surface area contributed by atoms with Crippen LogP contribution < -0.4 is 24.9 Å². The van der Waals surface area contributed by atoms with E-state index in [0.29, 0.717) is 0 Å². The van der Waals surface area contributed by atoms with Gasteiger partial charge in [0.05, 0.1) is 12.9 Å². The minimum atomic E-state index is -5.96. The topological polar surface area (TPSA) is 285 Å². The van der Waals surface area contributed by atoms with Crippen molar-refractivity contribution in [1.82, 2.24) is 10.2 Å². The predicted octanol–water partition coefficient (Wildman–Crippen LogP) is -6.98. The Morgan fingerprint density at radius 3 is 2.25 bits per heavy atom. The number of ether oxygens (including phenoxy) is 1. The summed E-state index contributed by atoms with van der Waals surface area (Å²) >= 11 is 3.67. The van der Waals surface area contributed by atoms with Crippen LogP contribution in [-0.4, -0.2) is 152 Å². The van der Waals surface area contributed by atoms with Crippen LogP contribution in [-0.2, 0) is 43.6 Å². The molecule has 3 heterocycles. The zero-order valence-corrected chi connectivity index (χ0v) is 22.6. The van der Waals surface area contributed by atoms with Gasteiger partial charge >= 0.3 is 0 Å². The molecule has 0 aromatic rings. The zero-order chi connectivity index (χ0) is 24.1. The number of carbonyl (C=O) groups excluding carboxylic acids is 1. The minimum absolute atomic E-state index is 0. The van der Waals surface area contributed by atoms with Gasteiger partial charge in [0.15, 0.2) is 18.1 Å². The molecule has 1 amide bonds. The molecule has 0 saturated carbocycles. The Kier molecular flexibility index (Phi) is 16.3. The quantitative estimate of drug-likeness (QED) is 0.158. The second-order valence-electron chi connectivity index (χ2n) is 6.23. The number of nitrogens with one attached hydrogen (secondary N) is 2. The molecule has 4 N–H and O–H groups in total. The van der Waals surface area contributed by atoms with E-state index in [-0.39, 0.29) is 81.3 Å². The molecule has 36 heavy (non-hydrogen) atoms. The molecule has 4 radical (unpaired) electrons. The number of rotatable bonds is 8. The molecular formula is C10H12Li4N5O13P3S-4. The number of phosphoric ester groups is 1. The van der Waals surface area contributed by atoms with E-state index in [9.17, 15) is 43.7 Å². The summed E-state index contributed by atoms with van der Waals surface area (Å²) in [6.45, 7) is -6.41. The first-order chi connectivity index (χ1) is 14.6. The van der Waals surface area contributed by atoms with Crippen molar-refractivity contribution in [3.05, 3.63) is 0 Å². The third-order valence-corrected chi connectivity index (χ3v) is 8.24. The molecule has 0 aromatic carbocycles. The Labute approximate surface area is 256 Å². The van der Waals surface area contributed by atoms with Crippen molar-refractivity contribution in [2.24, 2.45) is 9.98 Å². The predicted molar refractivity (Wildman–Crippen MR) is 119 cm³/mol. The first-order valence-corrected chi connectivity index (χ1v) is 13.6. The molecule has 184 valence electrons. The van der Waals surface area contributed by atoms with Gasteiger partial charge in [-0.05, 0) is 0 Å². The molecule has 3 aliphatic heterocycles. The number of aliphatic hydroxyl groups is 2. The standard InChI is InChI=1S/C10H16N5O13P3S.4Li/c11-10-13-7-4(8(18)14-10)12-2-15(7)9-6(17)5(16)3(26-9)1-25-29(19,20)27-30(21,22)28-31(23,24)32;;;;/h2-6,9,16-17H,1H2,(H,19,20)(H,21,22)(H2,11,14,18)(H2,23,24,32);;;;/p-4/t3-,4?,5-,6-,9-;;;;/m1..../s1. The Morgan fingerprint density at radius 2 is 1.69 bits per heavy atom. The molecule has 1 saturated heterocycles. The van der Waals surface area contributed by atoms with Gasteiger partial charge in [-0.15, -0.1) is 11.8 Å². The van der Waals surface area contributed by atoms with E-state index in [1.807, 2.05) is 0 Å². The Bertz CT molecular complexity index is 1030. The van der Waals surface area contributed by atoms with Crippen molar-refractivity contribution in [3.8, 4) is 0 Å². The smallest absolute Gasteiger partial charge is 0.276 e. The SMILES string of the molecule is N=C1N=C2C(N=CN2[C@@H]2O[C@H](COP(=O)([O-])OP(=O)([O-])OP([O-])([O-])=S)[C@@H](O)[C@H]2O)C(=O)N1.[Li].[Li].[Li].[Li]. The first-order valence-electron chi connectivity index (χ1n) is 8.11. The zero-order valence-electron chi connectivity index (χ0n) is 19.1. The van der Waals surface area contributed by atoms with Gasteiger partial charge in [-0.3, -0.25) is 34.5 Å². The number of amides is 1. The maximum atomic E-state index is 11.8. The van der Waals surface area contributed by atoms with Crippen molar-refractivity contribution in [3.63, 3.8) is 0 Å². The Balaban J connectivity index is 0. The number of hydrogen-bond acceptors (Lipinski definition) is 17. The molecule has 26 heteroatoms. The van der Waals surface area contributed by atoms with Gasteiger partial charge in [0, 0.05) is 75.4 Å². The fourth-order valence-electron chi connectivity index (χ4n) is 2.78. The summed E-state index contributed by atoms with van der Waals surface area (Å²) < 4.78 is 39.4. The molecule has 0 aromatic heterocycles. The van der Waals surface area contributed by atoms with Crippen LogP contribution in [0.3, 0.4) is 0 Å². The van der Waals surface area contributed by atoms with Gasteiger partial charge < -0.3 is 43.4 Å². The van der Waals surface area contributed by atoms with Crippen molar-refractivity contribution in [2.45, 2.75) is 30.6 Å². The van der Waals surface area contributed by atoms with E-state index in [0.717, 1.165) is 11.2 Å². The molecule has 1 fully saturated rings. The monoisotopic (exact) mass is 563 g/mol. The molecule has 3 unspecified atom stereocenters. The van der Waals surface area contributed by atoms with Crippen molar-refractivity contribution >= 4 is 134 Å². The summed E-state index contributed by atoms with van der Waals surface area (Å²) in [5, 5.41) is 29.9. The molecule has 3 rings (SSSR count).